The van der Waals surface area contributed by atoms with Crippen LogP contribution >= 0.6 is 0 Å². The minimum atomic E-state index is -1.48. The van der Waals surface area contributed by atoms with Gasteiger partial charge in [-0.3, -0.25) is 4.79 Å². The van der Waals surface area contributed by atoms with E-state index in [1.807, 2.05) is 0 Å². The number of hydrogen-bond donors (Lipinski definition) is 2. The smallest absolute Gasteiger partial charge is 0.323 e. The average molecular weight is 259 g/mol. The van der Waals surface area contributed by atoms with E-state index in [1.165, 1.54) is 6.92 Å². The van der Waals surface area contributed by atoms with E-state index in [2.05, 4.69) is 0 Å². The normalized spacial score (nSPS) is 15.8. The van der Waals surface area contributed by atoms with Gasteiger partial charge >= 0.3 is 5.97 Å². The van der Waals surface area contributed by atoms with Crippen LogP contribution in [0.25, 0.3) is 0 Å². The van der Waals surface area contributed by atoms with Gasteiger partial charge in [0.15, 0.2) is 11.6 Å². The molecular formula is C12H15F2NO3. The van der Waals surface area contributed by atoms with Crippen LogP contribution in [-0.2, 0) is 4.79 Å². The van der Waals surface area contributed by atoms with E-state index in [-0.39, 0.29) is 12.2 Å². The number of carboxylic acids is 1. The number of carbonyl (C=O) groups is 1. The number of nitrogens with two attached hydrogens (primary N) is 1. The molecule has 18 heavy (non-hydrogen) atoms. The summed E-state index contributed by atoms with van der Waals surface area (Å²) >= 11 is 0. The van der Waals surface area contributed by atoms with Crippen LogP contribution in [0.1, 0.15) is 20.3 Å². The number of carboxylic acid groups (broad SMARTS) is 1. The lowest BCUT2D eigenvalue weighted by Gasteiger charge is -2.24. The standard InChI is InChI=1S/C12H15F2NO3/c1-7(6-12(2,15)11(16)17)18-10-5-8(13)3-4-9(10)14/h3-5,7H,6,15H2,1-2H3,(H,16,17). The molecule has 100 valence electrons. The van der Waals surface area contributed by atoms with E-state index in [0.717, 1.165) is 18.2 Å². The molecule has 0 fully saturated rings. The number of aliphatic carboxylic acids is 1. The lowest BCUT2D eigenvalue weighted by molar-refractivity contribution is -0.143. The number of hydrogen-bond acceptors (Lipinski definition) is 3. The van der Waals surface area contributed by atoms with E-state index < -0.39 is 29.2 Å². The topological polar surface area (TPSA) is 72.6 Å². The predicted molar refractivity (Wildman–Crippen MR) is 61.3 cm³/mol. The summed E-state index contributed by atoms with van der Waals surface area (Å²) in [6, 6.07) is 2.81. The molecule has 0 aliphatic carbocycles. The highest BCUT2D eigenvalue weighted by molar-refractivity contribution is 5.77. The van der Waals surface area contributed by atoms with Gasteiger partial charge in [0, 0.05) is 12.5 Å². The molecule has 3 N–H and O–H groups in total. The molecule has 1 aromatic rings. The number of benzene rings is 1. The Bertz CT molecular complexity index is 449. The molecule has 4 nitrogen and oxygen atoms in total. The molecule has 2 unspecified atom stereocenters. The summed E-state index contributed by atoms with van der Waals surface area (Å²) in [7, 11) is 0. The highest BCUT2D eigenvalue weighted by atomic mass is 19.1. The van der Waals surface area contributed by atoms with Gasteiger partial charge < -0.3 is 15.6 Å². The van der Waals surface area contributed by atoms with Crippen molar-refractivity contribution in [3.8, 4) is 5.75 Å². The number of rotatable bonds is 5. The number of halogens is 2. The molecule has 0 radical (unpaired) electrons. The van der Waals surface area contributed by atoms with Crippen molar-refractivity contribution in [2.45, 2.75) is 31.9 Å². The van der Waals surface area contributed by atoms with E-state index in [0.29, 0.717) is 0 Å². The van der Waals surface area contributed by atoms with Crippen molar-refractivity contribution in [2.75, 3.05) is 0 Å². The van der Waals surface area contributed by atoms with Crippen LogP contribution in [0.5, 0.6) is 5.75 Å². The van der Waals surface area contributed by atoms with Crippen molar-refractivity contribution in [2.24, 2.45) is 5.73 Å². The third-order valence-electron chi connectivity index (χ3n) is 2.42. The number of ether oxygens (including phenoxy) is 1. The van der Waals surface area contributed by atoms with Crippen molar-refractivity contribution in [3.05, 3.63) is 29.8 Å². The van der Waals surface area contributed by atoms with Gasteiger partial charge in [0.2, 0.25) is 0 Å². The largest absolute Gasteiger partial charge is 0.487 e. The fraction of sp³-hybridized carbons (Fsp3) is 0.417. The van der Waals surface area contributed by atoms with Crippen molar-refractivity contribution < 1.29 is 23.4 Å². The summed E-state index contributed by atoms with van der Waals surface area (Å²) < 4.78 is 31.3. The molecule has 0 aromatic heterocycles. The maximum Gasteiger partial charge on any atom is 0.323 e. The molecule has 0 aliphatic heterocycles. The second kappa shape index (κ2) is 5.30. The van der Waals surface area contributed by atoms with Gasteiger partial charge in [-0.05, 0) is 26.0 Å². The van der Waals surface area contributed by atoms with Gasteiger partial charge in [0.25, 0.3) is 0 Å². The van der Waals surface area contributed by atoms with Gasteiger partial charge in [-0.15, -0.1) is 0 Å². The molecule has 0 heterocycles. The highest BCUT2D eigenvalue weighted by Crippen LogP contribution is 2.21. The fourth-order valence-corrected chi connectivity index (χ4v) is 1.51. The average Bonchev–Trinajstić information content (AvgIpc) is 2.22. The molecule has 0 amide bonds. The zero-order chi connectivity index (χ0) is 13.9. The lowest BCUT2D eigenvalue weighted by atomic mass is 9.96. The Morgan fingerprint density at radius 1 is 1.56 bits per heavy atom. The zero-order valence-electron chi connectivity index (χ0n) is 10.1. The van der Waals surface area contributed by atoms with Crippen LogP contribution in [0.3, 0.4) is 0 Å². The Balaban J connectivity index is 2.73. The van der Waals surface area contributed by atoms with Gasteiger partial charge in [-0.25, -0.2) is 8.78 Å². The van der Waals surface area contributed by atoms with E-state index in [9.17, 15) is 13.6 Å². The van der Waals surface area contributed by atoms with Crippen LogP contribution < -0.4 is 10.5 Å². The molecular weight excluding hydrogens is 244 g/mol. The minimum Gasteiger partial charge on any atom is -0.487 e. The Hall–Kier alpha value is -1.69. The highest BCUT2D eigenvalue weighted by Gasteiger charge is 2.31. The first-order chi connectivity index (χ1) is 8.22. The summed E-state index contributed by atoms with van der Waals surface area (Å²) in [5.41, 5.74) is 4.05. The zero-order valence-corrected chi connectivity index (χ0v) is 10.1. The molecule has 0 spiro atoms. The van der Waals surface area contributed by atoms with Crippen LogP contribution in [0.4, 0.5) is 8.78 Å². The Morgan fingerprint density at radius 3 is 2.72 bits per heavy atom. The Kier molecular flexibility index (Phi) is 4.24. The fourth-order valence-electron chi connectivity index (χ4n) is 1.51. The van der Waals surface area contributed by atoms with Gasteiger partial charge in [-0.2, -0.15) is 0 Å². The lowest BCUT2D eigenvalue weighted by Crippen LogP contribution is -2.47. The maximum absolute atomic E-state index is 13.3. The monoisotopic (exact) mass is 259 g/mol. The van der Waals surface area contributed by atoms with E-state index in [4.69, 9.17) is 15.6 Å². The van der Waals surface area contributed by atoms with Gasteiger partial charge in [0.05, 0.1) is 6.10 Å². The summed E-state index contributed by atoms with van der Waals surface area (Å²) in [6.45, 7) is 2.87. The van der Waals surface area contributed by atoms with E-state index in [1.54, 1.807) is 6.92 Å². The molecule has 0 saturated carbocycles. The Morgan fingerprint density at radius 2 is 2.17 bits per heavy atom. The molecule has 1 aromatic carbocycles. The van der Waals surface area contributed by atoms with Crippen LogP contribution in [0, 0.1) is 11.6 Å². The second-order valence-corrected chi connectivity index (χ2v) is 4.43. The molecule has 0 bridgehead atoms. The van der Waals surface area contributed by atoms with Crippen LogP contribution in [-0.4, -0.2) is 22.7 Å². The van der Waals surface area contributed by atoms with Gasteiger partial charge in [-0.1, -0.05) is 0 Å². The van der Waals surface area contributed by atoms with E-state index >= 15 is 0 Å². The molecule has 0 saturated heterocycles. The van der Waals surface area contributed by atoms with Crippen molar-refractivity contribution in [3.63, 3.8) is 0 Å². The first-order valence-corrected chi connectivity index (χ1v) is 5.36. The summed E-state index contributed by atoms with van der Waals surface area (Å²) in [5, 5.41) is 8.84. The minimum absolute atomic E-state index is 0.0295. The summed E-state index contributed by atoms with van der Waals surface area (Å²) in [4.78, 5) is 10.8. The second-order valence-electron chi connectivity index (χ2n) is 4.43. The van der Waals surface area contributed by atoms with Crippen LogP contribution in [0.15, 0.2) is 18.2 Å². The molecule has 6 heteroatoms. The van der Waals surface area contributed by atoms with Crippen molar-refractivity contribution >= 4 is 5.97 Å². The maximum atomic E-state index is 13.3. The molecule has 1 rings (SSSR count). The summed E-state index contributed by atoms with van der Waals surface area (Å²) in [5.74, 6) is -2.79. The predicted octanol–water partition coefficient (Wildman–Crippen LogP) is 1.92. The third kappa shape index (κ3) is 3.66. The van der Waals surface area contributed by atoms with Crippen molar-refractivity contribution in [1.82, 2.24) is 0 Å². The Labute approximate surface area is 103 Å². The first-order valence-electron chi connectivity index (χ1n) is 5.36. The van der Waals surface area contributed by atoms with Crippen LogP contribution in [0.2, 0.25) is 0 Å². The SMILES string of the molecule is CC(CC(C)(N)C(=O)O)Oc1cc(F)ccc1F. The first kappa shape index (κ1) is 14.4. The molecule has 2 atom stereocenters. The van der Waals surface area contributed by atoms with Gasteiger partial charge in [0.1, 0.15) is 11.4 Å². The molecule has 0 aliphatic rings. The summed E-state index contributed by atoms with van der Waals surface area (Å²) in [6.07, 6.45) is -0.689. The van der Waals surface area contributed by atoms with Crippen molar-refractivity contribution in [1.29, 1.82) is 0 Å². The third-order valence-corrected chi connectivity index (χ3v) is 2.42. The quantitative estimate of drug-likeness (QED) is 0.847.